The summed E-state index contributed by atoms with van der Waals surface area (Å²) in [6.45, 7) is 6.21. The molecule has 0 N–H and O–H groups in total. The van der Waals surface area contributed by atoms with Gasteiger partial charge in [0.15, 0.2) is 0 Å². The van der Waals surface area contributed by atoms with Gasteiger partial charge < -0.3 is 9.80 Å². The Hall–Kier alpha value is -3.12. The molecule has 0 saturated carbocycles. The topological polar surface area (TPSA) is 53.5 Å². The normalized spacial score (nSPS) is 13.9. The van der Waals surface area contributed by atoms with Crippen LogP contribution in [0, 0.1) is 13.8 Å². The molecule has 6 heteroatoms. The van der Waals surface area contributed by atoms with Crippen LogP contribution in [0.25, 0.3) is 0 Å². The Balaban J connectivity index is 1.46. The number of benzene rings is 2. The van der Waals surface area contributed by atoms with Crippen molar-refractivity contribution in [2.24, 2.45) is 0 Å². The molecule has 0 spiro atoms. The molecule has 5 nitrogen and oxygen atoms in total. The SMILES string of the molecule is Cc1ccc(C)c(Sc2ncccc2C(=O)N2CCN(C(=O)c3ccccc3)CC2)c1. The minimum atomic E-state index is -0.0345. The third kappa shape index (κ3) is 4.80. The number of rotatable bonds is 4. The molecule has 158 valence electrons. The lowest BCUT2D eigenvalue weighted by molar-refractivity contribution is 0.0533. The minimum absolute atomic E-state index is 0.0141. The summed E-state index contributed by atoms with van der Waals surface area (Å²) in [7, 11) is 0. The summed E-state index contributed by atoms with van der Waals surface area (Å²) in [5.41, 5.74) is 3.63. The maximum absolute atomic E-state index is 13.3. The number of nitrogens with zero attached hydrogens (tertiary/aromatic N) is 3. The van der Waals surface area contributed by atoms with Crippen molar-refractivity contribution < 1.29 is 9.59 Å². The molecular weight excluding hydrogens is 406 g/mol. The summed E-state index contributed by atoms with van der Waals surface area (Å²) in [6.07, 6.45) is 1.72. The second-order valence-corrected chi connectivity index (χ2v) is 8.71. The number of amides is 2. The van der Waals surface area contributed by atoms with E-state index in [0.717, 1.165) is 10.5 Å². The second-order valence-electron chi connectivity index (χ2n) is 7.68. The molecule has 1 fully saturated rings. The van der Waals surface area contributed by atoms with Crippen LogP contribution >= 0.6 is 11.8 Å². The van der Waals surface area contributed by atoms with E-state index < -0.39 is 0 Å². The maximum atomic E-state index is 13.3. The summed E-state index contributed by atoms with van der Waals surface area (Å²) in [4.78, 5) is 35.2. The highest BCUT2D eigenvalue weighted by Crippen LogP contribution is 2.32. The molecule has 1 aliphatic rings. The molecule has 0 unspecified atom stereocenters. The standard InChI is InChI=1S/C25H25N3O2S/c1-18-10-11-19(2)22(17-18)31-23-21(9-6-12-26-23)25(30)28-15-13-27(14-16-28)24(29)20-7-4-3-5-8-20/h3-12,17H,13-16H2,1-2H3. The molecule has 1 aromatic heterocycles. The highest BCUT2D eigenvalue weighted by atomic mass is 32.2. The third-order valence-electron chi connectivity index (χ3n) is 5.43. The summed E-state index contributed by atoms with van der Waals surface area (Å²) in [5.74, 6) is -0.0204. The van der Waals surface area contributed by atoms with Crippen molar-refractivity contribution >= 4 is 23.6 Å². The van der Waals surface area contributed by atoms with Gasteiger partial charge in [-0.2, -0.15) is 0 Å². The highest BCUT2D eigenvalue weighted by Gasteiger charge is 2.27. The van der Waals surface area contributed by atoms with Crippen LogP contribution in [0.3, 0.4) is 0 Å². The van der Waals surface area contributed by atoms with Gasteiger partial charge in [-0.3, -0.25) is 9.59 Å². The lowest BCUT2D eigenvalue weighted by Crippen LogP contribution is -2.50. The van der Waals surface area contributed by atoms with Gasteiger partial charge in [0.05, 0.1) is 5.56 Å². The quantitative estimate of drug-likeness (QED) is 0.613. The Morgan fingerprint density at radius 2 is 1.52 bits per heavy atom. The first-order chi connectivity index (χ1) is 15.0. The van der Waals surface area contributed by atoms with Gasteiger partial charge in [-0.15, -0.1) is 0 Å². The van der Waals surface area contributed by atoms with Gasteiger partial charge >= 0.3 is 0 Å². The molecule has 0 atom stereocenters. The molecular formula is C25H25N3O2S. The number of pyridine rings is 1. The number of carbonyl (C=O) groups excluding carboxylic acids is 2. The molecule has 0 radical (unpaired) electrons. The minimum Gasteiger partial charge on any atom is -0.335 e. The fourth-order valence-electron chi connectivity index (χ4n) is 3.60. The van der Waals surface area contributed by atoms with Crippen molar-refractivity contribution in [2.75, 3.05) is 26.2 Å². The van der Waals surface area contributed by atoms with Gasteiger partial charge in [0.2, 0.25) is 0 Å². The number of hydrogen-bond acceptors (Lipinski definition) is 4. The summed E-state index contributed by atoms with van der Waals surface area (Å²) in [5, 5.41) is 0.712. The first kappa shape index (κ1) is 21.1. The third-order valence-corrected chi connectivity index (χ3v) is 6.61. The molecule has 2 amide bonds. The summed E-state index contributed by atoms with van der Waals surface area (Å²) < 4.78 is 0. The second kappa shape index (κ2) is 9.35. The van der Waals surface area contributed by atoms with E-state index in [1.54, 1.807) is 12.3 Å². The van der Waals surface area contributed by atoms with Crippen molar-refractivity contribution in [3.05, 3.63) is 89.1 Å². The van der Waals surface area contributed by atoms with Crippen molar-refractivity contribution in [1.82, 2.24) is 14.8 Å². The average molecular weight is 432 g/mol. The largest absolute Gasteiger partial charge is 0.335 e. The van der Waals surface area contributed by atoms with Crippen molar-refractivity contribution in [3.63, 3.8) is 0 Å². The van der Waals surface area contributed by atoms with E-state index in [-0.39, 0.29) is 11.8 Å². The monoisotopic (exact) mass is 431 g/mol. The Labute approximate surface area is 187 Å². The van der Waals surface area contributed by atoms with Crippen LogP contribution in [0.1, 0.15) is 31.8 Å². The van der Waals surface area contributed by atoms with Gasteiger partial charge in [-0.1, -0.05) is 42.1 Å². The van der Waals surface area contributed by atoms with Crippen LogP contribution in [-0.4, -0.2) is 52.8 Å². The van der Waals surface area contributed by atoms with E-state index in [0.29, 0.717) is 42.3 Å². The average Bonchev–Trinajstić information content (AvgIpc) is 2.81. The van der Waals surface area contributed by atoms with E-state index in [1.807, 2.05) is 46.2 Å². The molecule has 4 rings (SSSR count). The van der Waals surface area contributed by atoms with Crippen molar-refractivity contribution in [3.8, 4) is 0 Å². The molecule has 0 aliphatic carbocycles. The number of piperazine rings is 1. The molecule has 0 bridgehead atoms. The van der Waals surface area contributed by atoms with E-state index in [2.05, 4.69) is 37.0 Å². The van der Waals surface area contributed by atoms with Gasteiger partial charge in [0, 0.05) is 42.8 Å². The Kier molecular flexibility index (Phi) is 6.37. The van der Waals surface area contributed by atoms with Crippen molar-refractivity contribution in [2.45, 2.75) is 23.8 Å². The molecule has 2 aromatic carbocycles. The van der Waals surface area contributed by atoms with Crippen LogP contribution in [0.4, 0.5) is 0 Å². The predicted molar refractivity (Wildman–Crippen MR) is 123 cm³/mol. The first-order valence-electron chi connectivity index (χ1n) is 10.4. The van der Waals surface area contributed by atoms with Gasteiger partial charge in [0.25, 0.3) is 11.8 Å². The molecule has 1 aliphatic heterocycles. The highest BCUT2D eigenvalue weighted by molar-refractivity contribution is 7.99. The van der Waals surface area contributed by atoms with E-state index in [1.165, 1.54) is 17.3 Å². The smallest absolute Gasteiger partial charge is 0.256 e. The lowest BCUT2D eigenvalue weighted by atomic mass is 10.1. The zero-order chi connectivity index (χ0) is 21.8. The Morgan fingerprint density at radius 1 is 0.839 bits per heavy atom. The van der Waals surface area contributed by atoms with Crippen molar-refractivity contribution in [1.29, 1.82) is 0 Å². The van der Waals surface area contributed by atoms with Crippen LogP contribution in [0.15, 0.2) is 76.8 Å². The fraction of sp³-hybridized carbons (Fsp3) is 0.240. The maximum Gasteiger partial charge on any atom is 0.256 e. The molecule has 3 aromatic rings. The fourth-order valence-corrected chi connectivity index (χ4v) is 4.66. The summed E-state index contributed by atoms with van der Waals surface area (Å²) in [6, 6.07) is 19.2. The van der Waals surface area contributed by atoms with Crippen LogP contribution in [-0.2, 0) is 0 Å². The van der Waals surface area contributed by atoms with E-state index in [9.17, 15) is 9.59 Å². The number of aryl methyl sites for hydroxylation is 2. The lowest BCUT2D eigenvalue weighted by Gasteiger charge is -2.35. The van der Waals surface area contributed by atoms with Gasteiger partial charge in [-0.25, -0.2) is 4.98 Å². The van der Waals surface area contributed by atoms with Crippen LogP contribution in [0.5, 0.6) is 0 Å². The Bertz CT molecular complexity index is 1090. The molecule has 31 heavy (non-hydrogen) atoms. The van der Waals surface area contributed by atoms with E-state index in [4.69, 9.17) is 0 Å². The van der Waals surface area contributed by atoms with Crippen LogP contribution in [0.2, 0.25) is 0 Å². The predicted octanol–water partition coefficient (Wildman–Crippen LogP) is 4.45. The zero-order valence-electron chi connectivity index (χ0n) is 17.7. The van der Waals surface area contributed by atoms with Gasteiger partial charge in [0.1, 0.15) is 5.03 Å². The van der Waals surface area contributed by atoms with Gasteiger partial charge in [-0.05, 0) is 55.3 Å². The zero-order valence-corrected chi connectivity index (χ0v) is 18.6. The Morgan fingerprint density at radius 3 is 2.23 bits per heavy atom. The number of carbonyl (C=O) groups is 2. The molecule has 2 heterocycles. The summed E-state index contributed by atoms with van der Waals surface area (Å²) >= 11 is 1.53. The van der Waals surface area contributed by atoms with E-state index >= 15 is 0 Å². The first-order valence-corrected chi connectivity index (χ1v) is 11.2. The number of hydrogen-bond donors (Lipinski definition) is 0. The molecule has 1 saturated heterocycles. The number of aromatic nitrogens is 1. The van der Waals surface area contributed by atoms with Crippen LogP contribution < -0.4 is 0 Å².